The molecule has 0 spiro atoms. The van der Waals surface area contributed by atoms with Crippen LogP contribution < -0.4 is 0 Å². The Bertz CT molecular complexity index is 232. The maximum atomic E-state index is 5.62. The van der Waals surface area contributed by atoms with Crippen molar-refractivity contribution < 1.29 is 0 Å². The third-order valence-electron chi connectivity index (χ3n) is 3.52. The topological polar surface area (TPSA) is 9.72 Å². The Kier molecular flexibility index (Phi) is 3.29. The van der Waals surface area contributed by atoms with Gasteiger partial charge in [-0.2, -0.15) is 0 Å². The first kappa shape index (κ1) is 11.7. The van der Waals surface area contributed by atoms with Crippen molar-refractivity contribution in [3.8, 4) is 0 Å². The van der Waals surface area contributed by atoms with Gasteiger partial charge in [0.05, 0.1) is 20.0 Å². The van der Waals surface area contributed by atoms with Crippen LogP contribution >= 0.6 is 24.0 Å². The molecule has 0 aromatic carbocycles. The highest BCUT2D eigenvalue weighted by Crippen LogP contribution is 2.38. The van der Waals surface area contributed by atoms with Crippen LogP contribution in [0.1, 0.15) is 6.42 Å². The second-order valence-electron chi connectivity index (χ2n) is 4.98. The number of nitrogens with zero attached hydrogens (tertiary/aromatic N) is 3. The zero-order chi connectivity index (χ0) is 9.60. The lowest BCUT2D eigenvalue weighted by Crippen LogP contribution is -2.72. The van der Waals surface area contributed by atoms with E-state index in [4.69, 9.17) is 11.6 Å². The van der Waals surface area contributed by atoms with Crippen molar-refractivity contribution in [3.63, 3.8) is 0 Å². The lowest BCUT2D eigenvalue weighted by Gasteiger charge is -2.60. The Hall–Kier alpha value is 0.200. The van der Waals surface area contributed by atoms with Gasteiger partial charge in [0.2, 0.25) is 0 Å². The van der Waals surface area contributed by atoms with E-state index in [1.54, 1.807) is 5.54 Å². The molecule has 4 heterocycles. The summed E-state index contributed by atoms with van der Waals surface area (Å²) >= 11 is 5.62. The van der Waals surface area contributed by atoms with E-state index in [0.29, 0.717) is 5.41 Å². The highest BCUT2D eigenvalue weighted by molar-refractivity contribution is 6.25. The second-order valence-corrected chi connectivity index (χ2v) is 5.23. The summed E-state index contributed by atoms with van der Waals surface area (Å²) in [5, 5.41) is 0. The van der Waals surface area contributed by atoms with Crippen molar-refractivity contribution >= 4 is 24.0 Å². The molecule has 0 aliphatic carbocycles. The van der Waals surface area contributed by atoms with Gasteiger partial charge in [0.25, 0.3) is 0 Å². The summed E-state index contributed by atoms with van der Waals surface area (Å²) in [5.41, 5.74) is 2.12. The van der Waals surface area contributed by atoms with E-state index in [1.807, 2.05) is 0 Å². The molecule has 5 heteroatoms. The fraction of sp³-hybridized carbons (Fsp3) is 0.800. The largest absolute Gasteiger partial charge is 0.277 e. The average molecular weight is 250 g/mol. The van der Waals surface area contributed by atoms with E-state index in [-0.39, 0.29) is 12.4 Å². The summed E-state index contributed by atoms with van der Waals surface area (Å²) in [5.74, 6) is 0. The molecule has 86 valence electrons. The molecule has 3 nitrogen and oxygen atoms in total. The van der Waals surface area contributed by atoms with E-state index in [9.17, 15) is 0 Å². The maximum Gasteiger partial charge on any atom is 0.0530 e. The van der Waals surface area contributed by atoms with E-state index in [1.165, 1.54) is 39.6 Å². The highest BCUT2D eigenvalue weighted by atomic mass is 35.5. The van der Waals surface area contributed by atoms with Gasteiger partial charge in [-0.25, -0.2) is 0 Å². The van der Waals surface area contributed by atoms with Crippen molar-refractivity contribution in [2.45, 2.75) is 6.42 Å². The van der Waals surface area contributed by atoms with E-state index >= 15 is 0 Å². The fourth-order valence-corrected chi connectivity index (χ4v) is 3.43. The second kappa shape index (κ2) is 4.22. The van der Waals surface area contributed by atoms with Crippen LogP contribution in [-0.4, -0.2) is 54.3 Å². The Morgan fingerprint density at radius 2 is 1.47 bits per heavy atom. The normalized spacial score (nSPS) is 47.1. The number of hydrogen-bond donors (Lipinski definition) is 0. The third kappa shape index (κ3) is 2.04. The SMILES string of the molecule is Cl.Cl/C=C/CC12CN3CN(CN(C3)C1)C2. The molecule has 4 aliphatic rings. The predicted molar refractivity (Wildman–Crippen MR) is 64.0 cm³/mol. The quantitative estimate of drug-likeness (QED) is 0.732. The van der Waals surface area contributed by atoms with Crippen LogP contribution in [-0.2, 0) is 0 Å². The molecule has 4 bridgehead atoms. The molecular weight excluding hydrogens is 233 g/mol. The van der Waals surface area contributed by atoms with Gasteiger partial charge in [0, 0.05) is 30.6 Å². The van der Waals surface area contributed by atoms with Crippen molar-refractivity contribution in [2.24, 2.45) is 5.41 Å². The summed E-state index contributed by atoms with van der Waals surface area (Å²) in [6.07, 6.45) is 3.23. The number of allylic oxidation sites excluding steroid dienone is 1. The molecule has 4 rings (SSSR count). The molecule has 0 aromatic rings. The molecule has 0 N–H and O–H groups in total. The smallest absolute Gasteiger partial charge is 0.0530 e. The molecule has 15 heavy (non-hydrogen) atoms. The first-order chi connectivity index (χ1) is 6.80. The van der Waals surface area contributed by atoms with Gasteiger partial charge in [-0.1, -0.05) is 17.7 Å². The van der Waals surface area contributed by atoms with Gasteiger partial charge in [-0.15, -0.1) is 12.4 Å². The number of rotatable bonds is 2. The molecular formula is C10H17Cl2N3. The predicted octanol–water partition coefficient (Wildman–Crippen LogP) is 1.36. The van der Waals surface area contributed by atoms with Crippen LogP contribution in [0.4, 0.5) is 0 Å². The fourth-order valence-electron chi connectivity index (χ4n) is 3.34. The van der Waals surface area contributed by atoms with Crippen molar-refractivity contribution in [2.75, 3.05) is 39.6 Å². The summed E-state index contributed by atoms with van der Waals surface area (Å²) in [6, 6.07) is 0. The summed E-state index contributed by atoms with van der Waals surface area (Å²) in [7, 11) is 0. The summed E-state index contributed by atoms with van der Waals surface area (Å²) in [6.45, 7) is 7.26. The van der Waals surface area contributed by atoms with E-state index < -0.39 is 0 Å². The first-order valence-electron chi connectivity index (χ1n) is 5.22. The minimum absolute atomic E-state index is 0. The van der Waals surface area contributed by atoms with Gasteiger partial charge in [0.1, 0.15) is 0 Å². The van der Waals surface area contributed by atoms with Crippen LogP contribution in [0.15, 0.2) is 11.6 Å². The van der Waals surface area contributed by atoms with Crippen molar-refractivity contribution in [1.29, 1.82) is 0 Å². The Morgan fingerprint density at radius 3 is 1.87 bits per heavy atom. The number of halogens is 2. The molecule has 4 fully saturated rings. The van der Waals surface area contributed by atoms with Crippen molar-refractivity contribution in [1.82, 2.24) is 14.7 Å². The maximum absolute atomic E-state index is 5.62. The molecule has 4 aliphatic heterocycles. The molecule has 0 radical (unpaired) electrons. The minimum atomic E-state index is 0. The van der Waals surface area contributed by atoms with Crippen LogP contribution in [0.5, 0.6) is 0 Å². The van der Waals surface area contributed by atoms with Crippen LogP contribution in [0.2, 0.25) is 0 Å². The van der Waals surface area contributed by atoms with Crippen LogP contribution in [0.25, 0.3) is 0 Å². The molecule has 0 aromatic heterocycles. The Labute approximate surface area is 102 Å². The van der Waals surface area contributed by atoms with E-state index in [2.05, 4.69) is 20.8 Å². The van der Waals surface area contributed by atoms with Crippen LogP contribution in [0.3, 0.4) is 0 Å². The van der Waals surface area contributed by atoms with Gasteiger partial charge in [-0.05, 0) is 6.42 Å². The molecule has 0 saturated carbocycles. The lowest BCUT2D eigenvalue weighted by molar-refractivity contribution is -0.171. The first-order valence-corrected chi connectivity index (χ1v) is 5.66. The summed E-state index contributed by atoms with van der Waals surface area (Å²) in [4.78, 5) is 7.62. The zero-order valence-corrected chi connectivity index (χ0v) is 10.3. The Balaban J connectivity index is 0.000000853. The Morgan fingerprint density at radius 1 is 1.00 bits per heavy atom. The zero-order valence-electron chi connectivity index (χ0n) is 8.73. The van der Waals surface area contributed by atoms with Gasteiger partial charge >= 0.3 is 0 Å². The lowest BCUT2D eigenvalue weighted by atomic mass is 9.78. The van der Waals surface area contributed by atoms with Crippen LogP contribution in [0, 0.1) is 5.41 Å². The molecule has 4 saturated heterocycles. The monoisotopic (exact) mass is 249 g/mol. The average Bonchev–Trinajstić information content (AvgIpc) is 2.12. The molecule has 0 atom stereocenters. The third-order valence-corrected chi connectivity index (χ3v) is 3.70. The van der Waals surface area contributed by atoms with Crippen molar-refractivity contribution in [3.05, 3.63) is 11.6 Å². The molecule has 0 amide bonds. The number of hydrogen-bond acceptors (Lipinski definition) is 3. The standard InChI is InChI=1S/C10H16ClN3.ClH/c11-3-1-2-10-4-12-7-13(5-10)9-14(6-10)8-12;/h1,3H,2,4-9H2;1H/b3-1+;. The molecule has 0 unspecified atom stereocenters. The minimum Gasteiger partial charge on any atom is -0.277 e. The summed E-state index contributed by atoms with van der Waals surface area (Å²) < 4.78 is 0. The van der Waals surface area contributed by atoms with Gasteiger partial charge < -0.3 is 0 Å². The van der Waals surface area contributed by atoms with E-state index in [0.717, 1.165) is 6.42 Å². The highest BCUT2D eigenvalue weighted by Gasteiger charge is 2.47. The van der Waals surface area contributed by atoms with Gasteiger partial charge in [-0.3, -0.25) is 14.7 Å². The van der Waals surface area contributed by atoms with Gasteiger partial charge in [0.15, 0.2) is 0 Å².